The van der Waals surface area contributed by atoms with Crippen molar-refractivity contribution >= 4 is 11.7 Å². The van der Waals surface area contributed by atoms with E-state index in [0.29, 0.717) is 50.0 Å². The predicted octanol–water partition coefficient (Wildman–Crippen LogP) is 6.16. The zero-order valence-electron chi connectivity index (χ0n) is 26.2. The van der Waals surface area contributed by atoms with Gasteiger partial charge in [-0.05, 0) is 92.7 Å². The van der Waals surface area contributed by atoms with E-state index in [-0.39, 0.29) is 37.1 Å². The van der Waals surface area contributed by atoms with Crippen LogP contribution in [0.2, 0.25) is 0 Å². The molecule has 1 saturated heterocycles. The Morgan fingerprint density at radius 2 is 1.63 bits per heavy atom. The average molecular weight is 645 g/mol. The van der Waals surface area contributed by atoms with Crippen LogP contribution in [-0.2, 0) is 20.5 Å². The highest BCUT2D eigenvalue weighted by Gasteiger charge is 2.30. The first-order chi connectivity index (χ1) is 22.1. The van der Waals surface area contributed by atoms with Crippen LogP contribution in [0.5, 0.6) is 11.5 Å². The maximum atomic E-state index is 12.9. The van der Waals surface area contributed by atoms with Gasteiger partial charge in [0, 0.05) is 25.8 Å². The first-order valence-electron chi connectivity index (χ1n) is 15.8. The summed E-state index contributed by atoms with van der Waals surface area (Å²) < 4.78 is 55.0. The summed E-state index contributed by atoms with van der Waals surface area (Å²) in [6.45, 7) is 2.50. The fourth-order valence-corrected chi connectivity index (χ4v) is 5.57. The zero-order valence-corrected chi connectivity index (χ0v) is 26.2. The summed E-state index contributed by atoms with van der Waals surface area (Å²) in [7, 11) is 1.62. The van der Waals surface area contributed by atoms with Crippen molar-refractivity contribution in [2.75, 3.05) is 40.0 Å². The fourth-order valence-electron chi connectivity index (χ4n) is 5.57. The van der Waals surface area contributed by atoms with Gasteiger partial charge in [-0.2, -0.15) is 13.2 Å². The molecule has 2 atom stereocenters. The minimum atomic E-state index is -4.44. The molecular formula is C35H43F3N2O6. The molecule has 1 amide bonds. The van der Waals surface area contributed by atoms with Crippen molar-refractivity contribution in [3.05, 3.63) is 83.1 Å². The minimum Gasteiger partial charge on any atom is -0.501 e. The van der Waals surface area contributed by atoms with Crippen molar-refractivity contribution in [3.63, 3.8) is 0 Å². The van der Waals surface area contributed by atoms with E-state index in [1.165, 1.54) is 12.1 Å². The Kier molecular flexibility index (Phi) is 13.1. The highest BCUT2D eigenvalue weighted by atomic mass is 19.4. The van der Waals surface area contributed by atoms with E-state index >= 15 is 0 Å². The first-order valence-corrected chi connectivity index (χ1v) is 15.8. The molecule has 2 unspecified atom stereocenters. The summed E-state index contributed by atoms with van der Waals surface area (Å²) in [5.74, 6) is 1.42. The number of alkyl halides is 3. The molecule has 11 heteroatoms. The van der Waals surface area contributed by atoms with Crippen LogP contribution in [0.1, 0.15) is 68.6 Å². The fraction of sp³-hybridized carbons (Fsp3) is 0.486. The Morgan fingerprint density at radius 1 is 0.935 bits per heavy atom. The van der Waals surface area contributed by atoms with Gasteiger partial charge in [-0.15, -0.1) is 0 Å². The molecule has 250 valence electrons. The Hall–Kier alpha value is -3.83. The van der Waals surface area contributed by atoms with Crippen LogP contribution in [0.25, 0.3) is 0 Å². The van der Waals surface area contributed by atoms with Gasteiger partial charge in [0.1, 0.15) is 30.8 Å². The van der Waals surface area contributed by atoms with E-state index in [1.807, 2.05) is 12.2 Å². The number of hydrogen-bond acceptors (Lipinski definition) is 7. The van der Waals surface area contributed by atoms with Crippen LogP contribution >= 0.6 is 0 Å². The molecule has 2 N–H and O–H groups in total. The van der Waals surface area contributed by atoms with Gasteiger partial charge in [0.15, 0.2) is 5.78 Å². The van der Waals surface area contributed by atoms with Crippen molar-refractivity contribution < 1.29 is 42.1 Å². The Balaban J connectivity index is 1.23. The van der Waals surface area contributed by atoms with Gasteiger partial charge in [0.25, 0.3) is 0 Å². The standard InChI is InChI=1S/C35H43F3N2O6/c1-44-28-15-11-25(12-16-28)32(41)9-2-3-10-33(42)39-31(24-40-19-4-5-20-40)34(43)26-13-17-29(18-14-26)45-21-22-46-30-8-6-7-27(23-30)35(36,37)38/h6-8,11,13-15,17-18,23,31,34,43H,2-5,9-10,12,16,19-22,24H2,1H3,(H,39,42). The van der Waals surface area contributed by atoms with Crippen molar-refractivity contribution in [3.8, 4) is 11.5 Å². The molecule has 0 radical (unpaired) electrons. The van der Waals surface area contributed by atoms with Crippen LogP contribution in [0.4, 0.5) is 13.2 Å². The van der Waals surface area contributed by atoms with Crippen LogP contribution in [0.3, 0.4) is 0 Å². The molecule has 0 aromatic heterocycles. The van der Waals surface area contributed by atoms with Gasteiger partial charge >= 0.3 is 6.18 Å². The normalized spacial score (nSPS) is 16.6. The van der Waals surface area contributed by atoms with Gasteiger partial charge in [-0.1, -0.05) is 24.3 Å². The van der Waals surface area contributed by atoms with Crippen molar-refractivity contribution in [1.29, 1.82) is 0 Å². The van der Waals surface area contributed by atoms with Crippen molar-refractivity contribution in [1.82, 2.24) is 10.2 Å². The molecule has 2 aromatic carbocycles. The van der Waals surface area contributed by atoms with E-state index in [9.17, 15) is 27.9 Å². The number of methoxy groups -OCH3 is 1. The van der Waals surface area contributed by atoms with Crippen molar-refractivity contribution in [2.45, 2.75) is 69.7 Å². The number of ketones is 1. The Morgan fingerprint density at radius 3 is 2.28 bits per heavy atom. The highest BCUT2D eigenvalue weighted by molar-refractivity contribution is 5.95. The highest BCUT2D eigenvalue weighted by Crippen LogP contribution is 2.31. The summed E-state index contributed by atoms with van der Waals surface area (Å²) in [6, 6.07) is 11.0. The van der Waals surface area contributed by atoms with E-state index in [4.69, 9.17) is 14.2 Å². The second kappa shape index (κ2) is 17.2. The van der Waals surface area contributed by atoms with E-state index < -0.39 is 23.9 Å². The molecule has 2 aliphatic rings. The second-order valence-electron chi connectivity index (χ2n) is 11.6. The number of ether oxygens (including phenoxy) is 3. The van der Waals surface area contributed by atoms with E-state index in [0.717, 1.165) is 49.4 Å². The van der Waals surface area contributed by atoms with Gasteiger partial charge in [-0.3, -0.25) is 9.59 Å². The number of likely N-dealkylation sites (tertiary alicyclic amines) is 1. The average Bonchev–Trinajstić information content (AvgIpc) is 3.58. The largest absolute Gasteiger partial charge is 0.501 e. The summed E-state index contributed by atoms with van der Waals surface area (Å²) in [5.41, 5.74) is 0.631. The number of aliphatic hydroxyl groups excluding tert-OH is 1. The first kappa shape index (κ1) is 35.0. The number of carbonyl (C=O) groups excluding carboxylic acids is 2. The lowest BCUT2D eigenvalue weighted by molar-refractivity contribution is -0.137. The van der Waals surface area contributed by atoms with Crippen LogP contribution < -0.4 is 14.8 Å². The van der Waals surface area contributed by atoms with Gasteiger partial charge in [0.2, 0.25) is 5.91 Å². The number of rotatable bonds is 17. The Bertz CT molecular complexity index is 1350. The molecule has 4 rings (SSSR count). The third kappa shape index (κ3) is 10.9. The summed E-state index contributed by atoms with van der Waals surface area (Å²) in [4.78, 5) is 27.7. The van der Waals surface area contributed by atoms with Gasteiger partial charge in [-0.25, -0.2) is 0 Å². The number of aliphatic hydroxyl groups is 1. The number of unbranched alkanes of at least 4 members (excludes halogenated alkanes) is 1. The number of carbonyl (C=O) groups is 2. The summed E-state index contributed by atoms with van der Waals surface area (Å²) in [5, 5.41) is 14.3. The van der Waals surface area contributed by atoms with Crippen LogP contribution in [0.15, 0.2) is 72.0 Å². The predicted molar refractivity (Wildman–Crippen MR) is 167 cm³/mol. The molecule has 1 heterocycles. The van der Waals surface area contributed by atoms with Crippen molar-refractivity contribution in [2.24, 2.45) is 0 Å². The molecule has 0 saturated carbocycles. The molecule has 1 fully saturated rings. The number of hydrogen-bond donors (Lipinski definition) is 2. The third-order valence-electron chi connectivity index (χ3n) is 8.17. The van der Waals surface area contributed by atoms with Gasteiger partial charge < -0.3 is 29.5 Å². The maximum Gasteiger partial charge on any atom is 0.416 e. The number of nitrogens with zero attached hydrogens (tertiary/aromatic N) is 1. The quantitative estimate of drug-likeness (QED) is 0.199. The van der Waals surface area contributed by atoms with E-state index in [2.05, 4.69) is 10.2 Å². The molecule has 2 aromatic rings. The molecular weight excluding hydrogens is 601 g/mol. The second-order valence-corrected chi connectivity index (χ2v) is 11.6. The molecule has 0 spiro atoms. The topological polar surface area (TPSA) is 97.3 Å². The number of benzene rings is 2. The number of Topliss-reactive ketones (excluding diaryl/α,β-unsaturated/α-hetero) is 1. The molecule has 46 heavy (non-hydrogen) atoms. The number of nitrogens with one attached hydrogen (secondary N) is 1. The molecule has 1 aliphatic carbocycles. The van der Waals surface area contributed by atoms with Crippen LogP contribution in [0, 0.1) is 0 Å². The third-order valence-corrected chi connectivity index (χ3v) is 8.17. The van der Waals surface area contributed by atoms with E-state index in [1.54, 1.807) is 31.4 Å². The molecule has 8 nitrogen and oxygen atoms in total. The Labute approximate surface area is 268 Å². The smallest absolute Gasteiger partial charge is 0.416 e. The number of allylic oxidation sites excluding steroid dienone is 4. The zero-order chi connectivity index (χ0) is 32.9. The van der Waals surface area contributed by atoms with Crippen LogP contribution in [-0.4, -0.2) is 67.7 Å². The lowest BCUT2D eigenvalue weighted by Crippen LogP contribution is -2.46. The monoisotopic (exact) mass is 644 g/mol. The molecule has 0 bridgehead atoms. The SMILES string of the molecule is COC1=CC=C(C(=O)CCCCC(=O)NC(CN2CCCC2)C(O)c2ccc(OCCOc3cccc(C(F)(F)F)c3)cc2)CC1. The van der Waals surface area contributed by atoms with Gasteiger partial charge in [0.05, 0.1) is 24.5 Å². The summed E-state index contributed by atoms with van der Waals surface area (Å²) >= 11 is 0. The maximum absolute atomic E-state index is 12.9. The minimum absolute atomic E-state index is 0.0498. The lowest BCUT2D eigenvalue weighted by Gasteiger charge is -2.29. The lowest BCUT2D eigenvalue weighted by atomic mass is 9.96. The summed E-state index contributed by atoms with van der Waals surface area (Å²) in [6.07, 6.45) is 3.62. The number of amides is 1. The molecule has 1 aliphatic heterocycles. The number of halogens is 3.